The van der Waals surface area contributed by atoms with Crippen LogP contribution in [0, 0.1) is 5.92 Å². The summed E-state index contributed by atoms with van der Waals surface area (Å²) in [4.78, 5) is 31.7. The predicted octanol–water partition coefficient (Wildman–Crippen LogP) is 1.70. The fraction of sp³-hybridized carbons (Fsp3) is 0.619. The Hall–Kier alpha value is -2.12. The van der Waals surface area contributed by atoms with Crippen molar-refractivity contribution >= 4 is 11.9 Å². The van der Waals surface area contributed by atoms with E-state index in [0.717, 1.165) is 24.4 Å². The number of likely N-dealkylation sites (tertiary alicyclic amines) is 1. The second kappa shape index (κ2) is 8.09. The smallest absolute Gasteiger partial charge is 0.324 e. The van der Waals surface area contributed by atoms with Crippen LogP contribution < -0.4 is 4.74 Å². The SMILES string of the molecule is CC[C@]1(C(=O)O)C[C@@H](C(=O)N2CCN(C)CC2)[C@@H](c2ccc(OC)cc2)N1C. The van der Waals surface area contributed by atoms with E-state index in [1.165, 1.54) is 0 Å². The number of hydrogen-bond donors (Lipinski definition) is 1. The predicted molar refractivity (Wildman–Crippen MR) is 106 cm³/mol. The molecule has 0 radical (unpaired) electrons. The molecule has 1 amide bonds. The van der Waals surface area contributed by atoms with Crippen LogP contribution in [0.3, 0.4) is 0 Å². The largest absolute Gasteiger partial charge is 0.497 e. The Labute approximate surface area is 166 Å². The van der Waals surface area contributed by atoms with Crippen LogP contribution in [-0.4, -0.2) is 84.6 Å². The number of amides is 1. The van der Waals surface area contributed by atoms with E-state index in [2.05, 4.69) is 11.9 Å². The topological polar surface area (TPSA) is 73.3 Å². The molecule has 0 saturated carbocycles. The number of carbonyl (C=O) groups is 2. The average molecular weight is 389 g/mol. The molecule has 0 unspecified atom stereocenters. The minimum Gasteiger partial charge on any atom is -0.497 e. The molecule has 2 heterocycles. The minimum atomic E-state index is -1.03. The van der Waals surface area contributed by atoms with Crippen molar-refractivity contribution < 1.29 is 19.4 Å². The fourth-order valence-electron chi connectivity index (χ4n) is 4.68. The number of carbonyl (C=O) groups excluding carboxylic acids is 1. The molecule has 2 aliphatic rings. The van der Waals surface area contributed by atoms with E-state index >= 15 is 0 Å². The highest BCUT2D eigenvalue weighted by atomic mass is 16.5. The fourth-order valence-corrected chi connectivity index (χ4v) is 4.68. The highest BCUT2D eigenvalue weighted by Crippen LogP contribution is 2.48. The molecule has 3 atom stereocenters. The maximum atomic E-state index is 13.4. The van der Waals surface area contributed by atoms with Gasteiger partial charge in [0.05, 0.1) is 13.0 Å². The van der Waals surface area contributed by atoms with Crippen LogP contribution in [0.4, 0.5) is 0 Å². The molecule has 2 fully saturated rings. The lowest BCUT2D eigenvalue weighted by molar-refractivity contribution is -0.150. The van der Waals surface area contributed by atoms with Gasteiger partial charge in [-0.05, 0) is 44.6 Å². The van der Waals surface area contributed by atoms with Crippen molar-refractivity contribution in [1.82, 2.24) is 14.7 Å². The van der Waals surface area contributed by atoms with Crippen LogP contribution in [0.5, 0.6) is 5.75 Å². The molecule has 2 aliphatic heterocycles. The standard InChI is InChI=1S/C21H31N3O4/c1-5-21(20(26)27)14-17(19(25)24-12-10-22(2)11-13-24)18(23(21)3)15-6-8-16(28-4)9-7-15/h6-9,17-18H,5,10-14H2,1-4H3,(H,26,27)/t17-,18-,21-/m1/s1. The van der Waals surface area contributed by atoms with Crippen molar-refractivity contribution in [3.8, 4) is 5.75 Å². The summed E-state index contributed by atoms with van der Waals surface area (Å²) in [6.45, 7) is 4.96. The second-order valence-corrected chi connectivity index (χ2v) is 7.96. The van der Waals surface area contributed by atoms with Crippen molar-refractivity contribution in [3.63, 3.8) is 0 Å². The molecule has 28 heavy (non-hydrogen) atoms. The van der Waals surface area contributed by atoms with Crippen LogP contribution in [0.25, 0.3) is 0 Å². The number of methoxy groups -OCH3 is 1. The van der Waals surface area contributed by atoms with Gasteiger partial charge in [-0.15, -0.1) is 0 Å². The van der Waals surface area contributed by atoms with Gasteiger partial charge in [0, 0.05) is 32.2 Å². The zero-order chi connectivity index (χ0) is 20.5. The lowest BCUT2D eigenvalue weighted by Gasteiger charge is -2.36. The molecule has 7 nitrogen and oxygen atoms in total. The van der Waals surface area contributed by atoms with Crippen LogP contribution >= 0.6 is 0 Å². The Balaban J connectivity index is 1.96. The summed E-state index contributed by atoms with van der Waals surface area (Å²) in [5.41, 5.74) is -0.0790. The maximum absolute atomic E-state index is 13.4. The summed E-state index contributed by atoms with van der Waals surface area (Å²) in [6, 6.07) is 7.35. The first-order chi connectivity index (χ1) is 13.3. The van der Waals surface area contributed by atoms with E-state index < -0.39 is 11.5 Å². The highest BCUT2D eigenvalue weighted by molar-refractivity contribution is 5.85. The molecule has 1 N–H and O–H groups in total. The Morgan fingerprint density at radius 2 is 1.75 bits per heavy atom. The van der Waals surface area contributed by atoms with Gasteiger partial charge in [0.1, 0.15) is 11.3 Å². The third-order valence-corrected chi connectivity index (χ3v) is 6.60. The van der Waals surface area contributed by atoms with Crippen LogP contribution in [0.1, 0.15) is 31.4 Å². The Morgan fingerprint density at radius 1 is 1.14 bits per heavy atom. The Morgan fingerprint density at radius 3 is 2.25 bits per heavy atom. The van der Waals surface area contributed by atoms with E-state index in [-0.39, 0.29) is 17.9 Å². The molecule has 154 valence electrons. The Bertz CT molecular complexity index is 715. The number of piperazine rings is 1. The molecule has 0 spiro atoms. The number of carboxylic acid groups (broad SMARTS) is 1. The van der Waals surface area contributed by atoms with Gasteiger partial charge in [-0.3, -0.25) is 14.5 Å². The van der Waals surface area contributed by atoms with Crippen LogP contribution in [0.2, 0.25) is 0 Å². The number of aliphatic carboxylic acids is 1. The maximum Gasteiger partial charge on any atom is 0.324 e. The Kier molecular flexibility index (Phi) is 5.95. The summed E-state index contributed by atoms with van der Waals surface area (Å²) in [5.74, 6) is -0.425. The number of benzene rings is 1. The van der Waals surface area contributed by atoms with Gasteiger partial charge in [0.2, 0.25) is 5.91 Å². The molecule has 0 aliphatic carbocycles. The molecular weight excluding hydrogens is 358 g/mol. The summed E-state index contributed by atoms with van der Waals surface area (Å²) in [7, 11) is 5.50. The van der Waals surface area contributed by atoms with E-state index in [4.69, 9.17) is 4.74 Å². The summed E-state index contributed by atoms with van der Waals surface area (Å²) >= 11 is 0. The third-order valence-electron chi connectivity index (χ3n) is 6.60. The number of hydrogen-bond acceptors (Lipinski definition) is 5. The van der Waals surface area contributed by atoms with Crippen molar-refractivity contribution in [2.75, 3.05) is 47.4 Å². The summed E-state index contributed by atoms with van der Waals surface area (Å²) < 4.78 is 5.25. The molecule has 0 bridgehead atoms. The van der Waals surface area contributed by atoms with Crippen molar-refractivity contribution in [3.05, 3.63) is 29.8 Å². The summed E-state index contributed by atoms with van der Waals surface area (Å²) in [6.07, 6.45) is 0.787. The average Bonchev–Trinajstić information content (AvgIpc) is 3.01. The van der Waals surface area contributed by atoms with Gasteiger partial charge in [0.15, 0.2) is 0 Å². The second-order valence-electron chi connectivity index (χ2n) is 7.96. The number of nitrogens with zero attached hydrogens (tertiary/aromatic N) is 3. The molecule has 2 saturated heterocycles. The van der Waals surface area contributed by atoms with E-state index in [1.807, 2.05) is 48.0 Å². The number of likely N-dealkylation sites (N-methyl/N-ethyl adjacent to an activating group) is 2. The first-order valence-electron chi connectivity index (χ1n) is 9.91. The van der Waals surface area contributed by atoms with E-state index in [1.54, 1.807) is 7.11 Å². The first-order valence-corrected chi connectivity index (χ1v) is 9.91. The normalized spacial score (nSPS) is 29.1. The van der Waals surface area contributed by atoms with E-state index in [9.17, 15) is 14.7 Å². The summed E-state index contributed by atoms with van der Waals surface area (Å²) in [5, 5.41) is 10.0. The third kappa shape index (κ3) is 3.49. The van der Waals surface area contributed by atoms with Gasteiger partial charge in [-0.2, -0.15) is 0 Å². The molecular formula is C21H31N3O4. The quantitative estimate of drug-likeness (QED) is 0.826. The van der Waals surface area contributed by atoms with Crippen molar-refractivity contribution in [2.24, 2.45) is 5.92 Å². The van der Waals surface area contributed by atoms with E-state index in [0.29, 0.717) is 25.9 Å². The van der Waals surface area contributed by atoms with Gasteiger partial charge < -0.3 is 19.6 Å². The molecule has 1 aromatic carbocycles. The lowest BCUT2D eigenvalue weighted by atomic mass is 9.86. The molecule has 0 aromatic heterocycles. The van der Waals surface area contributed by atoms with Crippen LogP contribution in [-0.2, 0) is 9.59 Å². The van der Waals surface area contributed by atoms with Crippen molar-refractivity contribution in [1.29, 1.82) is 0 Å². The van der Waals surface area contributed by atoms with Gasteiger partial charge in [0.25, 0.3) is 0 Å². The monoisotopic (exact) mass is 389 g/mol. The first kappa shape index (κ1) is 20.6. The minimum absolute atomic E-state index is 0.0670. The highest BCUT2D eigenvalue weighted by Gasteiger charge is 2.56. The molecule has 1 aromatic rings. The van der Waals surface area contributed by atoms with Crippen LogP contribution in [0.15, 0.2) is 24.3 Å². The number of carboxylic acids is 1. The van der Waals surface area contributed by atoms with Crippen molar-refractivity contribution in [2.45, 2.75) is 31.3 Å². The zero-order valence-corrected chi connectivity index (χ0v) is 17.2. The number of ether oxygens (including phenoxy) is 1. The molecule has 3 rings (SSSR count). The zero-order valence-electron chi connectivity index (χ0n) is 17.2. The lowest BCUT2D eigenvalue weighted by Crippen LogP contribution is -2.49. The molecule has 7 heteroatoms. The van der Waals surface area contributed by atoms with Gasteiger partial charge in [-0.1, -0.05) is 19.1 Å². The van der Waals surface area contributed by atoms with Gasteiger partial charge in [-0.25, -0.2) is 0 Å². The number of rotatable bonds is 5. The van der Waals surface area contributed by atoms with Gasteiger partial charge >= 0.3 is 5.97 Å².